The lowest BCUT2D eigenvalue weighted by Gasteiger charge is -2.15. The molecule has 26 heavy (non-hydrogen) atoms. The number of nitriles is 1. The molecule has 1 heterocycles. The maximum absolute atomic E-state index is 12.4. The highest BCUT2D eigenvalue weighted by Crippen LogP contribution is 2.22. The topological polar surface area (TPSA) is 88.1 Å². The Morgan fingerprint density at radius 3 is 2.69 bits per heavy atom. The molecule has 3 rings (SSSR count). The lowest BCUT2D eigenvalue weighted by Crippen LogP contribution is -2.30. The number of aromatic nitrogens is 1. The van der Waals surface area contributed by atoms with Gasteiger partial charge in [-0.3, -0.25) is 4.79 Å². The van der Waals surface area contributed by atoms with Crippen molar-refractivity contribution >= 4 is 11.6 Å². The van der Waals surface area contributed by atoms with Gasteiger partial charge in [0, 0.05) is 11.3 Å². The molecule has 0 spiro atoms. The molecule has 6 heteroatoms. The number of hydrogen-bond donors (Lipinski definition) is 1. The van der Waals surface area contributed by atoms with Crippen LogP contribution >= 0.6 is 0 Å². The van der Waals surface area contributed by atoms with Crippen molar-refractivity contribution in [3.05, 3.63) is 66.1 Å². The van der Waals surface area contributed by atoms with E-state index in [0.29, 0.717) is 22.9 Å². The zero-order valence-electron chi connectivity index (χ0n) is 14.4. The summed E-state index contributed by atoms with van der Waals surface area (Å²) in [6.45, 7) is 3.49. The van der Waals surface area contributed by atoms with Crippen LogP contribution in [-0.4, -0.2) is 17.0 Å². The third kappa shape index (κ3) is 4.08. The third-order valence-corrected chi connectivity index (χ3v) is 3.66. The molecular formula is C20H17N3O3. The second kappa shape index (κ2) is 7.53. The lowest BCUT2D eigenvalue weighted by atomic mass is 10.2. The Bertz CT molecular complexity index is 955. The quantitative estimate of drug-likeness (QED) is 0.755. The number of benzene rings is 2. The van der Waals surface area contributed by atoms with E-state index in [4.69, 9.17) is 14.4 Å². The van der Waals surface area contributed by atoms with E-state index in [1.807, 2.05) is 25.1 Å². The molecule has 0 saturated carbocycles. The second-order valence-corrected chi connectivity index (χ2v) is 5.74. The molecule has 3 aromatic rings. The van der Waals surface area contributed by atoms with Gasteiger partial charge in [-0.2, -0.15) is 5.26 Å². The first-order valence-corrected chi connectivity index (χ1v) is 8.06. The van der Waals surface area contributed by atoms with Crippen molar-refractivity contribution in [1.29, 1.82) is 5.26 Å². The number of carbonyl (C=O) groups is 1. The number of rotatable bonds is 5. The van der Waals surface area contributed by atoms with Gasteiger partial charge in [0.25, 0.3) is 5.91 Å². The molecule has 0 radical (unpaired) electrons. The molecule has 1 atom stereocenters. The minimum Gasteiger partial charge on any atom is -0.481 e. The Labute approximate surface area is 151 Å². The monoisotopic (exact) mass is 347 g/mol. The molecular weight excluding hydrogens is 330 g/mol. The number of nitrogens with one attached hydrogen (secondary N) is 1. The van der Waals surface area contributed by atoms with E-state index in [1.54, 1.807) is 49.5 Å². The van der Waals surface area contributed by atoms with Gasteiger partial charge in [0.1, 0.15) is 11.5 Å². The summed E-state index contributed by atoms with van der Waals surface area (Å²) in [6.07, 6.45) is 0.948. The molecule has 0 aliphatic rings. The van der Waals surface area contributed by atoms with E-state index in [-0.39, 0.29) is 5.91 Å². The van der Waals surface area contributed by atoms with Gasteiger partial charge in [0.15, 0.2) is 6.10 Å². The standard InChI is InChI=1S/C20H17N3O3/c1-13-12-22-20(25-13)16-4-3-5-17(10-16)23-19(24)14(2)26-18-8-6-15(11-21)7-9-18/h3-10,12,14H,1-2H3,(H,23,24). The van der Waals surface area contributed by atoms with Gasteiger partial charge in [-0.05, 0) is 56.3 Å². The highest BCUT2D eigenvalue weighted by atomic mass is 16.5. The largest absolute Gasteiger partial charge is 0.481 e. The summed E-state index contributed by atoms with van der Waals surface area (Å²) in [7, 11) is 0. The maximum atomic E-state index is 12.4. The number of anilines is 1. The fraction of sp³-hybridized carbons (Fsp3) is 0.150. The Kier molecular flexibility index (Phi) is 4.99. The van der Waals surface area contributed by atoms with Crippen LogP contribution in [0.25, 0.3) is 11.5 Å². The maximum Gasteiger partial charge on any atom is 0.265 e. The molecule has 0 aliphatic heterocycles. The first-order chi connectivity index (χ1) is 12.5. The average Bonchev–Trinajstić information content (AvgIpc) is 3.09. The summed E-state index contributed by atoms with van der Waals surface area (Å²) < 4.78 is 11.1. The van der Waals surface area contributed by atoms with Gasteiger partial charge in [-0.1, -0.05) is 6.07 Å². The highest BCUT2D eigenvalue weighted by molar-refractivity contribution is 5.94. The number of hydrogen-bond acceptors (Lipinski definition) is 5. The van der Waals surface area contributed by atoms with Gasteiger partial charge in [-0.25, -0.2) is 4.98 Å². The molecule has 2 aromatic carbocycles. The predicted octanol–water partition coefficient (Wildman–Crippen LogP) is 3.93. The minimum absolute atomic E-state index is 0.282. The van der Waals surface area contributed by atoms with Gasteiger partial charge in [-0.15, -0.1) is 0 Å². The molecule has 0 bridgehead atoms. The van der Waals surface area contributed by atoms with E-state index < -0.39 is 6.10 Å². The molecule has 0 aliphatic carbocycles. The van der Waals surface area contributed by atoms with Crippen LogP contribution in [0.4, 0.5) is 5.69 Å². The molecule has 1 N–H and O–H groups in total. The number of oxazole rings is 1. The van der Waals surface area contributed by atoms with E-state index in [2.05, 4.69) is 10.3 Å². The fourth-order valence-electron chi connectivity index (χ4n) is 2.33. The Hall–Kier alpha value is -3.59. The van der Waals surface area contributed by atoms with Crippen LogP contribution in [0.5, 0.6) is 5.75 Å². The average molecular weight is 347 g/mol. The van der Waals surface area contributed by atoms with Gasteiger partial charge in [0.05, 0.1) is 17.8 Å². The van der Waals surface area contributed by atoms with Crippen molar-refractivity contribution in [3.63, 3.8) is 0 Å². The molecule has 0 fully saturated rings. The highest BCUT2D eigenvalue weighted by Gasteiger charge is 2.15. The number of amides is 1. The molecule has 130 valence electrons. The van der Waals surface area contributed by atoms with Crippen LogP contribution in [0.15, 0.2) is 59.1 Å². The van der Waals surface area contributed by atoms with Crippen LogP contribution in [0.2, 0.25) is 0 Å². The summed E-state index contributed by atoms with van der Waals surface area (Å²) in [5.41, 5.74) is 1.93. The van der Waals surface area contributed by atoms with Crippen LogP contribution in [0, 0.1) is 18.3 Å². The molecule has 6 nitrogen and oxygen atoms in total. The Balaban J connectivity index is 1.66. The predicted molar refractivity (Wildman–Crippen MR) is 96.6 cm³/mol. The summed E-state index contributed by atoms with van der Waals surface area (Å²) in [5.74, 6) is 1.46. The van der Waals surface area contributed by atoms with E-state index in [9.17, 15) is 4.79 Å². The van der Waals surface area contributed by atoms with Crippen molar-refractivity contribution in [1.82, 2.24) is 4.98 Å². The molecule has 0 saturated heterocycles. The van der Waals surface area contributed by atoms with Crippen LogP contribution in [-0.2, 0) is 4.79 Å². The zero-order chi connectivity index (χ0) is 18.5. The molecule has 1 unspecified atom stereocenters. The smallest absolute Gasteiger partial charge is 0.265 e. The van der Waals surface area contributed by atoms with Crippen molar-refractivity contribution in [2.45, 2.75) is 20.0 Å². The Morgan fingerprint density at radius 2 is 2.04 bits per heavy atom. The van der Waals surface area contributed by atoms with E-state index in [0.717, 1.165) is 11.3 Å². The number of nitrogens with zero attached hydrogens (tertiary/aromatic N) is 2. The van der Waals surface area contributed by atoms with Crippen molar-refractivity contribution in [3.8, 4) is 23.3 Å². The van der Waals surface area contributed by atoms with Crippen LogP contribution in [0.1, 0.15) is 18.2 Å². The normalized spacial score (nSPS) is 11.4. The minimum atomic E-state index is -0.699. The van der Waals surface area contributed by atoms with Gasteiger partial charge < -0.3 is 14.5 Å². The molecule has 1 aromatic heterocycles. The van der Waals surface area contributed by atoms with E-state index >= 15 is 0 Å². The van der Waals surface area contributed by atoms with Gasteiger partial charge >= 0.3 is 0 Å². The molecule has 1 amide bonds. The number of ether oxygens (including phenoxy) is 1. The second-order valence-electron chi connectivity index (χ2n) is 5.74. The first-order valence-electron chi connectivity index (χ1n) is 8.06. The van der Waals surface area contributed by atoms with Crippen molar-refractivity contribution in [2.75, 3.05) is 5.32 Å². The lowest BCUT2D eigenvalue weighted by molar-refractivity contribution is -0.122. The first kappa shape index (κ1) is 17.2. The Morgan fingerprint density at radius 1 is 1.27 bits per heavy atom. The van der Waals surface area contributed by atoms with Crippen molar-refractivity contribution in [2.24, 2.45) is 0 Å². The fourth-order valence-corrected chi connectivity index (χ4v) is 2.33. The number of carbonyl (C=O) groups excluding carboxylic acids is 1. The summed E-state index contributed by atoms with van der Waals surface area (Å²) >= 11 is 0. The summed E-state index contributed by atoms with van der Waals surface area (Å²) in [5, 5.41) is 11.6. The zero-order valence-corrected chi connectivity index (χ0v) is 14.4. The number of aryl methyl sites for hydroxylation is 1. The van der Waals surface area contributed by atoms with Crippen LogP contribution < -0.4 is 10.1 Å². The summed E-state index contributed by atoms with van der Waals surface area (Å²) in [6, 6.07) is 15.9. The van der Waals surface area contributed by atoms with Gasteiger partial charge in [0.2, 0.25) is 5.89 Å². The van der Waals surface area contributed by atoms with Crippen molar-refractivity contribution < 1.29 is 13.9 Å². The summed E-state index contributed by atoms with van der Waals surface area (Å²) in [4.78, 5) is 16.5. The van der Waals surface area contributed by atoms with Crippen LogP contribution in [0.3, 0.4) is 0 Å². The SMILES string of the molecule is Cc1cnc(-c2cccc(NC(=O)C(C)Oc3ccc(C#N)cc3)c2)o1. The third-order valence-electron chi connectivity index (χ3n) is 3.66. The van der Waals surface area contributed by atoms with E-state index in [1.165, 1.54) is 0 Å².